The molecule has 1 rings (SSSR count). The highest BCUT2D eigenvalue weighted by Gasteiger charge is 1.96. The van der Waals surface area contributed by atoms with Gasteiger partial charge in [0.15, 0.2) is 0 Å². The molecule has 15 heavy (non-hydrogen) atoms. The van der Waals surface area contributed by atoms with Gasteiger partial charge in [-0.25, -0.2) is 0 Å². The van der Waals surface area contributed by atoms with Crippen molar-refractivity contribution < 1.29 is 4.74 Å². The third-order valence-corrected chi connectivity index (χ3v) is 1.74. The van der Waals surface area contributed by atoms with E-state index in [-0.39, 0.29) is 0 Å². The van der Waals surface area contributed by atoms with Gasteiger partial charge in [-0.15, -0.1) is 0 Å². The largest absolute Gasteiger partial charge is 0.493 e. The summed E-state index contributed by atoms with van der Waals surface area (Å²) in [5.74, 6) is 1.49. The molecule has 0 fully saturated rings. The Morgan fingerprint density at radius 3 is 2.07 bits per heavy atom. The average molecular weight is 209 g/mol. The molecule has 2 nitrogen and oxygen atoms in total. The lowest BCUT2D eigenvalue weighted by Crippen LogP contribution is -2.04. The molecule has 0 saturated heterocycles. The van der Waals surface area contributed by atoms with Crippen molar-refractivity contribution in [1.82, 2.24) is 0 Å². The Bertz CT molecular complexity index is 241. The van der Waals surface area contributed by atoms with Crippen molar-refractivity contribution in [3.8, 4) is 5.75 Å². The Morgan fingerprint density at radius 1 is 1.13 bits per heavy atom. The number of rotatable bonds is 4. The van der Waals surface area contributed by atoms with Gasteiger partial charge in [-0.1, -0.05) is 39.8 Å². The van der Waals surface area contributed by atoms with Gasteiger partial charge >= 0.3 is 0 Å². The number of hydrogen-bond donors (Lipinski definition) is 1. The molecule has 86 valence electrons. The maximum atomic E-state index is 5.53. The summed E-state index contributed by atoms with van der Waals surface area (Å²) >= 11 is 0. The maximum absolute atomic E-state index is 5.53. The minimum atomic E-state index is 0.564. The first-order valence-electron chi connectivity index (χ1n) is 5.64. The number of ether oxygens (including phenoxy) is 1. The summed E-state index contributed by atoms with van der Waals surface area (Å²) in [7, 11) is 0. The Labute approximate surface area is 93.4 Å². The van der Waals surface area contributed by atoms with Crippen molar-refractivity contribution in [3.05, 3.63) is 29.8 Å². The molecule has 0 aliphatic rings. The fourth-order valence-electron chi connectivity index (χ4n) is 0.985. The monoisotopic (exact) mass is 209 g/mol. The van der Waals surface area contributed by atoms with Gasteiger partial charge in [0.2, 0.25) is 0 Å². The first-order valence-corrected chi connectivity index (χ1v) is 5.64. The Morgan fingerprint density at radius 2 is 1.67 bits per heavy atom. The van der Waals surface area contributed by atoms with Gasteiger partial charge in [0, 0.05) is 6.54 Å². The van der Waals surface area contributed by atoms with Crippen LogP contribution >= 0.6 is 0 Å². The molecular weight excluding hydrogens is 186 g/mol. The van der Waals surface area contributed by atoms with Crippen molar-refractivity contribution in [3.63, 3.8) is 0 Å². The van der Waals surface area contributed by atoms with Gasteiger partial charge in [0.1, 0.15) is 5.75 Å². The topological polar surface area (TPSA) is 35.2 Å². The highest BCUT2D eigenvalue weighted by molar-refractivity contribution is 5.26. The first kappa shape index (κ1) is 14.0. The summed E-state index contributed by atoms with van der Waals surface area (Å²) in [6.45, 7) is 9.62. The Balaban J connectivity index is 0.000000921. The highest BCUT2D eigenvalue weighted by Crippen LogP contribution is 2.12. The Kier molecular flexibility index (Phi) is 7.74. The average Bonchev–Trinajstić information content (AvgIpc) is 2.30. The molecule has 0 spiro atoms. The quantitative estimate of drug-likeness (QED) is 0.826. The van der Waals surface area contributed by atoms with Crippen molar-refractivity contribution in [2.45, 2.75) is 34.2 Å². The lowest BCUT2D eigenvalue weighted by molar-refractivity contribution is 0.271. The molecule has 0 aliphatic carbocycles. The fourth-order valence-corrected chi connectivity index (χ4v) is 0.985. The predicted molar refractivity (Wildman–Crippen MR) is 66.0 cm³/mol. The second kappa shape index (κ2) is 8.30. The zero-order chi connectivity index (χ0) is 11.7. The number of benzene rings is 1. The lowest BCUT2D eigenvalue weighted by atomic mass is 10.2. The van der Waals surface area contributed by atoms with Crippen molar-refractivity contribution >= 4 is 0 Å². The minimum Gasteiger partial charge on any atom is -0.493 e. The maximum Gasteiger partial charge on any atom is 0.119 e. The Hall–Kier alpha value is -1.02. The summed E-state index contributed by atoms with van der Waals surface area (Å²) < 4.78 is 5.53. The molecule has 0 aromatic heterocycles. The van der Waals surface area contributed by atoms with E-state index in [1.54, 1.807) is 0 Å². The number of nitrogens with two attached hydrogens (primary N) is 1. The van der Waals surface area contributed by atoms with E-state index in [0.717, 1.165) is 17.9 Å². The SMILES string of the molecule is CC.CC(C)COc1ccc(CN)cc1. The molecule has 2 heteroatoms. The van der Waals surface area contributed by atoms with Crippen LogP contribution < -0.4 is 10.5 Å². The van der Waals surface area contributed by atoms with Crippen molar-refractivity contribution in [1.29, 1.82) is 0 Å². The van der Waals surface area contributed by atoms with Gasteiger partial charge < -0.3 is 10.5 Å². The predicted octanol–water partition coefficient (Wildman–Crippen LogP) is 3.21. The van der Waals surface area contributed by atoms with E-state index in [0.29, 0.717) is 12.5 Å². The van der Waals surface area contributed by atoms with Gasteiger partial charge in [-0.3, -0.25) is 0 Å². The molecule has 0 radical (unpaired) electrons. The highest BCUT2D eigenvalue weighted by atomic mass is 16.5. The summed E-state index contributed by atoms with van der Waals surface area (Å²) in [4.78, 5) is 0. The van der Waals surface area contributed by atoms with Crippen LogP contribution in [0.15, 0.2) is 24.3 Å². The second-order valence-corrected chi connectivity index (χ2v) is 3.55. The molecule has 2 N–H and O–H groups in total. The van der Waals surface area contributed by atoms with E-state index < -0.39 is 0 Å². The molecule has 1 aromatic rings. The van der Waals surface area contributed by atoms with Crippen LogP contribution in [0.2, 0.25) is 0 Å². The molecular formula is C13H23NO. The van der Waals surface area contributed by atoms with Crippen LogP contribution in [-0.2, 0) is 6.54 Å². The molecule has 0 atom stereocenters. The van der Waals surface area contributed by atoms with E-state index in [1.165, 1.54) is 0 Å². The molecule has 1 aromatic carbocycles. The third-order valence-electron chi connectivity index (χ3n) is 1.74. The summed E-state index contributed by atoms with van der Waals surface area (Å²) in [5.41, 5.74) is 6.62. The summed E-state index contributed by atoms with van der Waals surface area (Å²) in [6.07, 6.45) is 0. The molecule has 0 unspecified atom stereocenters. The molecule has 0 amide bonds. The standard InChI is InChI=1S/C11H17NO.C2H6/c1-9(2)8-13-11-5-3-10(7-12)4-6-11;1-2/h3-6,9H,7-8,12H2,1-2H3;1-2H3. The molecule has 0 saturated carbocycles. The second-order valence-electron chi connectivity index (χ2n) is 3.55. The van der Waals surface area contributed by atoms with Gasteiger partial charge in [-0.2, -0.15) is 0 Å². The molecule has 0 aliphatic heterocycles. The fraction of sp³-hybridized carbons (Fsp3) is 0.538. The van der Waals surface area contributed by atoms with E-state index in [2.05, 4.69) is 13.8 Å². The van der Waals surface area contributed by atoms with Crippen LogP contribution in [0.25, 0.3) is 0 Å². The third kappa shape index (κ3) is 6.13. The molecule has 0 heterocycles. The van der Waals surface area contributed by atoms with Crippen LogP contribution in [0.1, 0.15) is 33.3 Å². The van der Waals surface area contributed by atoms with Crippen molar-refractivity contribution in [2.24, 2.45) is 11.7 Å². The van der Waals surface area contributed by atoms with Crippen LogP contribution in [0.3, 0.4) is 0 Å². The summed E-state index contributed by atoms with van der Waals surface area (Å²) in [6, 6.07) is 7.92. The van der Waals surface area contributed by atoms with Crippen LogP contribution in [-0.4, -0.2) is 6.61 Å². The lowest BCUT2D eigenvalue weighted by Gasteiger charge is -2.08. The smallest absolute Gasteiger partial charge is 0.119 e. The van der Waals surface area contributed by atoms with Gasteiger partial charge in [-0.05, 0) is 23.6 Å². The number of hydrogen-bond acceptors (Lipinski definition) is 2. The van der Waals surface area contributed by atoms with Crippen LogP contribution in [0.5, 0.6) is 5.75 Å². The van der Waals surface area contributed by atoms with Crippen LogP contribution in [0, 0.1) is 5.92 Å². The van der Waals surface area contributed by atoms with Crippen molar-refractivity contribution in [2.75, 3.05) is 6.61 Å². The van der Waals surface area contributed by atoms with E-state index >= 15 is 0 Å². The first-order chi connectivity index (χ1) is 7.22. The van der Waals surface area contributed by atoms with E-state index in [9.17, 15) is 0 Å². The molecule has 0 bridgehead atoms. The van der Waals surface area contributed by atoms with Gasteiger partial charge in [0.05, 0.1) is 6.61 Å². The van der Waals surface area contributed by atoms with Gasteiger partial charge in [0.25, 0.3) is 0 Å². The zero-order valence-corrected chi connectivity index (χ0v) is 10.3. The zero-order valence-electron chi connectivity index (χ0n) is 10.3. The minimum absolute atomic E-state index is 0.564. The van der Waals surface area contributed by atoms with E-state index in [1.807, 2.05) is 38.1 Å². The van der Waals surface area contributed by atoms with E-state index in [4.69, 9.17) is 10.5 Å². The normalized spacial score (nSPS) is 9.47. The summed E-state index contributed by atoms with van der Waals surface area (Å²) in [5, 5.41) is 0. The van der Waals surface area contributed by atoms with Crippen LogP contribution in [0.4, 0.5) is 0 Å².